The monoisotopic (exact) mass is 221 g/mol. The van der Waals surface area contributed by atoms with Crippen LogP contribution in [-0.2, 0) is 0 Å². The van der Waals surface area contributed by atoms with Crippen molar-refractivity contribution in [3.8, 4) is 0 Å². The highest BCUT2D eigenvalue weighted by molar-refractivity contribution is 7.10. The molecule has 0 aliphatic carbocycles. The fourth-order valence-corrected chi connectivity index (χ4v) is 2.52. The highest BCUT2D eigenvalue weighted by atomic mass is 32.1. The standard InChI is InChI=1S/C12H12FNS/c1-8-6-7-15-12(8)11(14)9-4-2-3-5-10(9)13/h2-7,11H,14H2,1H3. The van der Waals surface area contributed by atoms with Gasteiger partial charge in [-0.25, -0.2) is 4.39 Å². The van der Waals surface area contributed by atoms with Crippen LogP contribution < -0.4 is 5.73 Å². The zero-order valence-electron chi connectivity index (χ0n) is 8.41. The fraction of sp³-hybridized carbons (Fsp3) is 0.167. The van der Waals surface area contributed by atoms with Gasteiger partial charge in [-0.3, -0.25) is 0 Å². The minimum atomic E-state index is -0.355. The molecular weight excluding hydrogens is 209 g/mol. The van der Waals surface area contributed by atoms with E-state index < -0.39 is 0 Å². The first kappa shape index (κ1) is 10.3. The molecule has 0 aliphatic rings. The van der Waals surface area contributed by atoms with Gasteiger partial charge in [-0.05, 0) is 30.0 Å². The summed E-state index contributed by atoms with van der Waals surface area (Å²) >= 11 is 1.57. The Hall–Kier alpha value is -1.19. The molecule has 2 aromatic rings. The summed E-state index contributed by atoms with van der Waals surface area (Å²) in [6.07, 6.45) is 0. The summed E-state index contributed by atoms with van der Waals surface area (Å²) in [5.41, 5.74) is 7.71. The van der Waals surface area contributed by atoms with Crippen molar-refractivity contribution in [2.45, 2.75) is 13.0 Å². The minimum absolute atomic E-state index is 0.238. The van der Waals surface area contributed by atoms with E-state index in [1.165, 1.54) is 6.07 Å². The van der Waals surface area contributed by atoms with Gasteiger partial charge in [0, 0.05) is 10.4 Å². The van der Waals surface area contributed by atoms with Crippen molar-refractivity contribution in [1.29, 1.82) is 0 Å². The van der Waals surface area contributed by atoms with E-state index in [9.17, 15) is 4.39 Å². The van der Waals surface area contributed by atoms with Crippen molar-refractivity contribution in [1.82, 2.24) is 0 Å². The Bertz CT molecular complexity index is 464. The Morgan fingerprint density at radius 3 is 2.60 bits per heavy atom. The number of hydrogen-bond acceptors (Lipinski definition) is 2. The van der Waals surface area contributed by atoms with Gasteiger partial charge < -0.3 is 5.73 Å². The van der Waals surface area contributed by atoms with Crippen LogP contribution in [0.1, 0.15) is 22.0 Å². The van der Waals surface area contributed by atoms with E-state index in [0.717, 1.165) is 10.4 Å². The zero-order valence-corrected chi connectivity index (χ0v) is 9.22. The lowest BCUT2D eigenvalue weighted by molar-refractivity contribution is 0.601. The van der Waals surface area contributed by atoms with Crippen molar-refractivity contribution < 1.29 is 4.39 Å². The minimum Gasteiger partial charge on any atom is -0.320 e. The number of aryl methyl sites for hydroxylation is 1. The average molecular weight is 221 g/mol. The van der Waals surface area contributed by atoms with Crippen molar-refractivity contribution in [2.24, 2.45) is 5.73 Å². The van der Waals surface area contributed by atoms with Crippen molar-refractivity contribution >= 4 is 11.3 Å². The smallest absolute Gasteiger partial charge is 0.128 e. The fourth-order valence-electron chi connectivity index (χ4n) is 1.57. The molecule has 2 rings (SSSR count). The van der Waals surface area contributed by atoms with Gasteiger partial charge in [0.2, 0.25) is 0 Å². The van der Waals surface area contributed by atoms with E-state index >= 15 is 0 Å². The Labute approximate surface area is 92.4 Å². The number of halogens is 1. The first-order valence-electron chi connectivity index (χ1n) is 4.74. The van der Waals surface area contributed by atoms with Gasteiger partial charge in [0.15, 0.2) is 0 Å². The normalized spacial score (nSPS) is 12.7. The van der Waals surface area contributed by atoms with E-state index in [1.54, 1.807) is 29.5 Å². The second kappa shape index (κ2) is 4.13. The van der Waals surface area contributed by atoms with Crippen molar-refractivity contribution in [3.05, 3.63) is 57.5 Å². The first-order valence-corrected chi connectivity index (χ1v) is 5.62. The molecule has 0 radical (unpaired) electrons. The summed E-state index contributed by atoms with van der Waals surface area (Å²) in [7, 11) is 0. The topological polar surface area (TPSA) is 26.0 Å². The van der Waals surface area contributed by atoms with Gasteiger partial charge in [-0.15, -0.1) is 11.3 Å². The SMILES string of the molecule is Cc1ccsc1C(N)c1ccccc1F. The summed E-state index contributed by atoms with van der Waals surface area (Å²) < 4.78 is 13.5. The quantitative estimate of drug-likeness (QED) is 0.827. The lowest BCUT2D eigenvalue weighted by Crippen LogP contribution is -2.12. The summed E-state index contributed by atoms with van der Waals surface area (Å²) in [4.78, 5) is 1.03. The molecule has 78 valence electrons. The molecule has 0 fully saturated rings. The lowest BCUT2D eigenvalue weighted by atomic mass is 10.0. The number of thiophene rings is 1. The molecule has 0 amide bonds. The number of rotatable bonds is 2. The molecule has 1 atom stereocenters. The highest BCUT2D eigenvalue weighted by Crippen LogP contribution is 2.28. The lowest BCUT2D eigenvalue weighted by Gasteiger charge is -2.12. The van der Waals surface area contributed by atoms with Gasteiger partial charge >= 0.3 is 0 Å². The van der Waals surface area contributed by atoms with Crippen LogP contribution in [0.4, 0.5) is 4.39 Å². The van der Waals surface area contributed by atoms with Gasteiger partial charge in [0.25, 0.3) is 0 Å². The van der Waals surface area contributed by atoms with E-state index in [-0.39, 0.29) is 11.9 Å². The Morgan fingerprint density at radius 1 is 1.27 bits per heavy atom. The van der Waals surface area contributed by atoms with Crippen LogP contribution in [0, 0.1) is 12.7 Å². The molecule has 1 nitrogen and oxygen atoms in total. The van der Waals surface area contributed by atoms with Crippen LogP contribution in [0.5, 0.6) is 0 Å². The van der Waals surface area contributed by atoms with Gasteiger partial charge in [0.1, 0.15) is 5.82 Å². The van der Waals surface area contributed by atoms with E-state index in [0.29, 0.717) is 5.56 Å². The summed E-state index contributed by atoms with van der Waals surface area (Å²) in [6.45, 7) is 1.99. The van der Waals surface area contributed by atoms with Crippen molar-refractivity contribution in [3.63, 3.8) is 0 Å². The van der Waals surface area contributed by atoms with E-state index in [1.807, 2.05) is 18.4 Å². The van der Waals surface area contributed by atoms with Crippen LogP contribution in [0.2, 0.25) is 0 Å². The molecule has 15 heavy (non-hydrogen) atoms. The number of nitrogens with two attached hydrogens (primary N) is 1. The Morgan fingerprint density at radius 2 is 2.00 bits per heavy atom. The maximum Gasteiger partial charge on any atom is 0.128 e. The molecule has 3 heteroatoms. The van der Waals surface area contributed by atoms with Crippen LogP contribution in [0.3, 0.4) is 0 Å². The average Bonchev–Trinajstić information content (AvgIpc) is 2.64. The Kier molecular flexibility index (Phi) is 2.84. The maximum atomic E-state index is 13.5. The maximum absolute atomic E-state index is 13.5. The molecule has 0 saturated heterocycles. The molecular formula is C12H12FNS. The predicted octanol–water partition coefficient (Wildman–Crippen LogP) is 3.24. The molecule has 1 aromatic heterocycles. The number of benzene rings is 1. The molecule has 1 unspecified atom stereocenters. The van der Waals surface area contributed by atoms with Crippen molar-refractivity contribution in [2.75, 3.05) is 0 Å². The van der Waals surface area contributed by atoms with Crippen LogP contribution in [0.15, 0.2) is 35.7 Å². The number of hydrogen-bond donors (Lipinski definition) is 1. The molecule has 2 N–H and O–H groups in total. The molecule has 0 aliphatic heterocycles. The molecule has 1 heterocycles. The van der Waals surface area contributed by atoms with Crippen LogP contribution >= 0.6 is 11.3 Å². The molecule has 1 aromatic carbocycles. The van der Waals surface area contributed by atoms with Gasteiger partial charge in [-0.2, -0.15) is 0 Å². The second-order valence-electron chi connectivity index (χ2n) is 3.47. The highest BCUT2D eigenvalue weighted by Gasteiger charge is 2.15. The summed E-state index contributed by atoms with van der Waals surface area (Å²) in [5, 5.41) is 1.98. The molecule has 0 bridgehead atoms. The predicted molar refractivity (Wildman–Crippen MR) is 61.5 cm³/mol. The zero-order chi connectivity index (χ0) is 10.8. The van der Waals surface area contributed by atoms with Gasteiger partial charge in [0.05, 0.1) is 6.04 Å². The van der Waals surface area contributed by atoms with Gasteiger partial charge in [-0.1, -0.05) is 18.2 Å². The van der Waals surface area contributed by atoms with Crippen LogP contribution in [-0.4, -0.2) is 0 Å². The van der Waals surface area contributed by atoms with E-state index in [4.69, 9.17) is 5.73 Å². The third-order valence-electron chi connectivity index (χ3n) is 2.42. The van der Waals surface area contributed by atoms with Crippen LogP contribution in [0.25, 0.3) is 0 Å². The summed E-state index contributed by atoms with van der Waals surface area (Å²) in [5.74, 6) is -0.238. The molecule has 0 saturated carbocycles. The molecule has 0 spiro atoms. The third-order valence-corrected chi connectivity index (χ3v) is 3.53. The first-order chi connectivity index (χ1) is 7.20. The second-order valence-corrected chi connectivity index (χ2v) is 4.41. The third kappa shape index (κ3) is 1.94. The summed E-state index contributed by atoms with van der Waals surface area (Å²) in [6, 6.07) is 8.30. The Balaban J connectivity index is 2.41. The van der Waals surface area contributed by atoms with E-state index in [2.05, 4.69) is 0 Å². The largest absolute Gasteiger partial charge is 0.320 e.